The molecule has 6 rings (SSSR count). The van der Waals surface area contributed by atoms with Crippen LogP contribution in [0, 0.1) is 13.8 Å². The van der Waals surface area contributed by atoms with Crippen LogP contribution in [0.4, 0.5) is 0 Å². The third-order valence-corrected chi connectivity index (χ3v) is 6.92. The Morgan fingerprint density at radius 3 is 0.762 bits per heavy atom. The summed E-state index contributed by atoms with van der Waals surface area (Å²) in [5.41, 5.74) is 1.24. The number of rotatable bonds is 5. The van der Waals surface area contributed by atoms with Crippen molar-refractivity contribution in [2.24, 2.45) is 0 Å². The lowest BCUT2D eigenvalue weighted by atomic mass is 9.66. The zero-order valence-electron chi connectivity index (χ0n) is 24.0. The molecule has 6 aromatic rings. The van der Waals surface area contributed by atoms with E-state index in [0.717, 1.165) is 11.4 Å². The van der Waals surface area contributed by atoms with Crippen LogP contribution >= 0.6 is 0 Å². The van der Waals surface area contributed by atoms with Crippen LogP contribution in [-0.4, -0.2) is 20.2 Å². The van der Waals surface area contributed by atoms with Gasteiger partial charge in [-0.25, -0.2) is 0 Å². The lowest BCUT2D eigenvalue weighted by Crippen LogP contribution is -2.51. The average Bonchev–Trinajstić information content (AvgIpc) is 3.07. The fourth-order valence-corrected chi connectivity index (χ4v) is 4.78. The van der Waals surface area contributed by atoms with Gasteiger partial charge in [-0.05, 0) is 60.4 Å². The molecule has 0 atom stereocenters. The van der Waals surface area contributed by atoms with Crippen molar-refractivity contribution in [3.63, 3.8) is 0 Å². The molecule has 0 unspecified atom stereocenters. The van der Waals surface area contributed by atoms with Crippen molar-refractivity contribution in [3.05, 3.63) is 204 Å². The van der Waals surface area contributed by atoms with E-state index in [9.17, 15) is 10.2 Å². The largest absolute Gasteiger partial charge is 0.377 e. The SMILES string of the molecule is Cc1ccccn1.Cc1ccccn1.OC(c1ccccc1)(c1ccccc1)C(O)(c1ccccc1)c1ccccc1. The number of nitrogens with zero attached hydrogens (tertiary/aromatic N) is 2. The van der Waals surface area contributed by atoms with Crippen molar-refractivity contribution in [1.82, 2.24) is 9.97 Å². The highest BCUT2D eigenvalue weighted by molar-refractivity contribution is 5.50. The average molecular weight is 553 g/mol. The predicted molar refractivity (Wildman–Crippen MR) is 170 cm³/mol. The summed E-state index contributed by atoms with van der Waals surface area (Å²) in [5, 5.41) is 24.7. The van der Waals surface area contributed by atoms with Crippen molar-refractivity contribution >= 4 is 0 Å². The van der Waals surface area contributed by atoms with Crippen LogP contribution in [-0.2, 0) is 11.2 Å². The molecule has 0 aliphatic rings. The summed E-state index contributed by atoms with van der Waals surface area (Å²) < 4.78 is 0. The highest BCUT2D eigenvalue weighted by Crippen LogP contribution is 2.49. The summed E-state index contributed by atoms with van der Waals surface area (Å²) in [7, 11) is 0. The molecule has 4 nitrogen and oxygen atoms in total. The Kier molecular flexibility index (Phi) is 10.5. The highest BCUT2D eigenvalue weighted by Gasteiger charge is 2.54. The first kappa shape index (κ1) is 30.1. The van der Waals surface area contributed by atoms with Crippen LogP contribution in [0.2, 0.25) is 0 Å². The molecule has 0 saturated carbocycles. The Bertz CT molecular complexity index is 1380. The molecule has 4 heteroatoms. The van der Waals surface area contributed by atoms with E-state index in [4.69, 9.17) is 0 Å². The molecule has 2 N–H and O–H groups in total. The van der Waals surface area contributed by atoms with Gasteiger partial charge in [-0.2, -0.15) is 0 Å². The molecule has 0 spiro atoms. The molecule has 210 valence electrons. The number of aromatic nitrogens is 2. The quantitative estimate of drug-likeness (QED) is 0.231. The molecule has 4 aromatic carbocycles. The van der Waals surface area contributed by atoms with Gasteiger partial charge in [0.1, 0.15) is 0 Å². The normalized spacial score (nSPS) is 10.9. The third-order valence-electron chi connectivity index (χ3n) is 6.92. The lowest BCUT2D eigenvalue weighted by molar-refractivity contribution is -0.113. The van der Waals surface area contributed by atoms with E-state index in [1.54, 1.807) is 12.4 Å². The van der Waals surface area contributed by atoms with Crippen LogP contribution in [0.5, 0.6) is 0 Å². The van der Waals surface area contributed by atoms with Crippen molar-refractivity contribution < 1.29 is 10.2 Å². The van der Waals surface area contributed by atoms with Crippen LogP contribution in [0.1, 0.15) is 33.6 Å². The van der Waals surface area contributed by atoms with Crippen LogP contribution < -0.4 is 0 Å². The summed E-state index contributed by atoms with van der Waals surface area (Å²) >= 11 is 0. The number of aliphatic hydroxyl groups is 2. The van der Waals surface area contributed by atoms with Gasteiger partial charge < -0.3 is 10.2 Å². The van der Waals surface area contributed by atoms with E-state index >= 15 is 0 Å². The fraction of sp³-hybridized carbons (Fsp3) is 0.105. The first-order valence-electron chi connectivity index (χ1n) is 13.9. The summed E-state index contributed by atoms with van der Waals surface area (Å²) in [6.07, 6.45) is 3.57. The van der Waals surface area contributed by atoms with Gasteiger partial charge in [-0.1, -0.05) is 133 Å². The standard InChI is InChI=1S/C26H22O2.2C6H7N/c27-25(21-13-5-1-6-14-21,22-15-7-2-8-16-22)26(28,23-17-9-3-10-18-23)24-19-11-4-12-20-24;2*1-6-4-2-3-5-7-6/h1-20,27-28H;2*2-5H,1H3. The number of pyridine rings is 2. The van der Waals surface area contributed by atoms with Crippen LogP contribution in [0.25, 0.3) is 0 Å². The Balaban J connectivity index is 0.000000235. The maximum atomic E-state index is 12.3. The van der Waals surface area contributed by atoms with E-state index in [-0.39, 0.29) is 0 Å². The monoisotopic (exact) mass is 552 g/mol. The number of hydrogen-bond acceptors (Lipinski definition) is 4. The molecule has 0 fully saturated rings. The van der Waals surface area contributed by atoms with Gasteiger partial charge >= 0.3 is 0 Å². The van der Waals surface area contributed by atoms with E-state index in [1.165, 1.54) is 0 Å². The van der Waals surface area contributed by atoms with Gasteiger partial charge in [0.25, 0.3) is 0 Å². The number of hydrogen-bond donors (Lipinski definition) is 2. The van der Waals surface area contributed by atoms with Crippen molar-refractivity contribution in [2.75, 3.05) is 0 Å². The second kappa shape index (κ2) is 14.6. The second-order valence-electron chi connectivity index (χ2n) is 9.83. The molecular formula is C38H36N2O2. The zero-order chi connectivity index (χ0) is 29.7. The molecule has 0 aliphatic carbocycles. The number of benzene rings is 4. The zero-order valence-corrected chi connectivity index (χ0v) is 24.0. The molecule has 0 aliphatic heterocycles. The summed E-state index contributed by atoms with van der Waals surface area (Å²) in [6.45, 7) is 3.94. The molecular weight excluding hydrogens is 516 g/mol. The molecule has 0 saturated heterocycles. The first-order chi connectivity index (χ1) is 20.5. The second-order valence-corrected chi connectivity index (χ2v) is 9.83. The van der Waals surface area contributed by atoms with Crippen LogP contribution in [0.3, 0.4) is 0 Å². The van der Waals surface area contributed by atoms with E-state index in [0.29, 0.717) is 22.3 Å². The van der Waals surface area contributed by atoms with Gasteiger partial charge in [0.15, 0.2) is 11.2 Å². The van der Waals surface area contributed by atoms with E-state index in [1.807, 2.05) is 172 Å². The van der Waals surface area contributed by atoms with E-state index in [2.05, 4.69) is 9.97 Å². The molecule has 0 radical (unpaired) electrons. The summed E-state index contributed by atoms with van der Waals surface area (Å²) in [6, 6.07) is 49.1. The van der Waals surface area contributed by atoms with Crippen LogP contribution in [0.15, 0.2) is 170 Å². The Hall–Kier alpha value is -4.90. The lowest BCUT2D eigenvalue weighted by Gasteiger charge is -2.45. The Morgan fingerprint density at radius 2 is 0.595 bits per heavy atom. The minimum atomic E-state index is -1.70. The van der Waals surface area contributed by atoms with Gasteiger partial charge in [0.05, 0.1) is 0 Å². The molecule has 0 amide bonds. The minimum Gasteiger partial charge on any atom is -0.377 e. The van der Waals surface area contributed by atoms with Gasteiger partial charge in [0.2, 0.25) is 0 Å². The van der Waals surface area contributed by atoms with Crippen molar-refractivity contribution in [1.29, 1.82) is 0 Å². The summed E-state index contributed by atoms with van der Waals surface area (Å²) in [5.74, 6) is 0. The smallest absolute Gasteiger partial charge is 0.152 e. The maximum absolute atomic E-state index is 12.3. The third kappa shape index (κ3) is 7.05. The molecule has 0 bridgehead atoms. The Labute approximate surface area is 248 Å². The molecule has 42 heavy (non-hydrogen) atoms. The topological polar surface area (TPSA) is 66.2 Å². The minimum absolute atomic E-state index is 0.622. The van der Waals surface area contributed by atoms with Gasteiger partial charge in [-0.15, -0.1) is 0 Å². The Morgan fingerprint density at radius 1 is 0.357 bits per heavy atom. The number of aryl methyl sites for hydroxylation is 2. The predicted octanol–water partition coefficient (Wildman–Crippen LogP) is 7.64. The summed E-state index contributed by atoms with van der Waals surface area (Å²) in [4.78, 5) is 7.96. The van der Waals surface area contributed by atoms with Gasteiger partial charge in [-0.3, -0.25) is 9.97 Å². The highest BCUT2D eigenvalue weighted by atomic mass is 16.4. The fourth-order valence-electron chi connectivity index (χ4n) is 4.78. The van der Waals surface area contributed by atoms with Crippen molar-refractivity contribution in [2.45, 2.75) is 25.0 Å². The van der Waals surface area contributed by atoms with Gasteiger partial charge in [0, 0.05) is 23.8 Å². The maximum Gasteiger partial charge on any atom is 0.152 e. The molecule has 2 heterocycles. The van der Waals surface area contributed by atoms with E-state index < -0.39 is 11.2 Å². The molecule has 2 aromatic heterocycles. The first-order valence-corrected chi connectivity index (χ1v) is 13.9. The van der Waals surface area contributed by atoms with Crippen molar-refractivity contribution in [3.8, 4) is 0 Å².